The summed E-state index contributed by atoms with van der Waals surface area (Å²) in [5.74, 6) is -0.448. The molecule has 0 spiro atoms. The first kappa shape index (κ1) is 19.7. The van der Waals surface area contributed by atoms with Crippen LogP contribution in [0.4, 0.5) is 23.0 Å². The molecule has 0 aliphatic carbocycles. The topological polar surface area (TPSA) is 113 Å². The predicted octanol–water partition coefficient (Wildman–Crippen LogP) is 3.63. The van der Waals surface area contributed by atoms with Gasteiger partial charge in [-0.1, -0.05) is 18.2 Å². The zero-order chi connectivity index (χ0) is 20.8. The van der Waals surface area contributed by atoms with Gasteiger partial charge in [-0.05, 0) is 43.3 Å². The number of hydrogen-bond donors (Lipinski definition) is 3. The van der Waals surface area contributed by atoms with Crippen molar-refractivity contribution in [2.45, 2.75) is 13.8 Å². The fourth-order valence-corrected chi connectivity index (χ4v) is 2.56. The zero-order valence-electron chi connectivity index (χ0n) is 15.9. The van der Waals surface area contributed by atoms with Gasteiger partial charge in [0.2, 0.25) is 11.9 Å². The van der Waals surface area contributed by atoms with Crippen LogP contribution in [0, 0.1) is 0 Å². The van der Waals surface area contributed by atoms with Gasteiger partial charge in [0, 0.05) is 35.7 Å². The summed E-state index contributed by atoms with van der Waals surface area (Å²) in [5.41, 5.74) is 2.45. The SMILES string of the molecule is CC(=O)Nc1cccc(NC(=O)c2ccnc(Nc3cccc(C(C)=O)c3)n2)c1. The summed E-state index contributed by atoms with van der Waals surface area (Å²) in [6.07, 6.45) is 1.47. The Balaban J connectivity index is 1.73. The molecule has 8 heteroatoms. The normalized spacial score (nSPS) is 10.1. The number of nitrogens with zero attached hydrogens (tertiary/aromatic N) is 2. The van der Waals surface area contributed by atoms with E-state index in [0.717, 1.165) is 0 Å². The van der Waals surface area contributed by atoms with Crippen molar-refractivity contribution in [3.05, 3.63) is 72.1 Å². The lowest BCUT2D eigenvalue weighted by molar-refractivity contribution is -0.114. The molecule has 2 amide bonds. The van der Waals surface area contributed by atoms with E-state index in [-0.39, 0.29) is 23.3 Å². The summed E-state index contributed by atoms with van der Waals surface area (Å²) in [6, 6.07) is 15.2. The monoisotopic (exact) mass is 389 g/mol. The minimum atomic E-state index is -0.423. The quantitative estimate of drug-likeness (QED) is 0.555. The van der Waals surface area contributed by atoms with Gasteiger partial charge in [-0.2, -0.15) is 0 Å². The number of ketones is 1. The van der Waals surface area contributed by atoms with Crippen LogP contribution in [-0.2, 0) is 4.79 Å². The number of benzene rings is 2. The molecule has 0 unspecified atom stereocenters. The summed E-state index contributed by atoms with van der Waals surface area (Å²) >= 11 is 0. The molecule has 146 valence electrons. The molecule has 3 aromatic rings. The van der Waals surface area contributed by atoms with Gasteiger partial charge in [0.05, 0.1) is 0 Å². The largest absolute Gasteiger partial charge is 0.326 e. The average Bonchev–Trinajstić information content (AvgIpc) is 2.68. The number of rotatable bonds is 6. The number of amides is 2. The highest BCUT2D eigenvalue weighted by atomic mass is 16.2. The standard InChI is InChI=1S/C21H19N5O3/c1-13(27)15-5-3-6-16(11-15)25-21-22-10-9-19(26-21)20(29)24-18-8-4-7-17(12-18)23-14(2)28/h3-12H,1-2H3,(H,23,28)(H,24,29)(H,22,25,26). The Labute approximate surface area is 167 Å². The third-order valence-electron chi connectivity index (χ3n) is 3.85. The summed E-state index contributed by atoms with van der Waals surface area (Å²) in [6.45, 7) is 2.90. The van der Waals surface area contributed by atoms with E-state index in [1.807, 2.05) is 0 Å². The van der Waals surface area contributed by atoms with Crippen LogP contribution >= 0.6 is 0 Å². The molecular formula is C21H19N5O3. The smallest absolute Gasteiger partial charge is 0.274 e. The molecule has 0 atom stereocenters. The molecule has 29 heavy (non-hydrogen) atoms. The van der Waals surface area contributed by atoms with E-state index in [2.05, 4.69) is 25.9 Å². The van der Waals surface area contributed by atoms with E-state index in [4.69, 9.17) is 0 Å². The Hall–Kier alpha value is -4.07. The van der Waals surface area contributed by atoms with Gasteiger partial charge in [-0.3, -0.25) is 14.4 Å². The maximum atomic E-state index is 12.5. The summed E-state index contributed by atoms with van der Waals surface area (Å²) in [4.78, 5) is 43.6. The van der Waals surface area contributed by atoms with Crippen LogP contribution in [0.2, 0.25) is 0 Å². The number of aromatic nitrogens is 2. The van der Waals surface area contributed by atoms with Crippen molar-refractivity contribution in [2.75, 3.05) is 16.0 Å². The fourth-order valence-electron chi connectivity index (χ4n) is 2.56. The van der Waals surface area contributed by atoms with Crippen molar-refractivity contribution < 1.29 is 14.4 Å². The van der Waals surface area contributed by atoms with Crippen molar-refractivity contribution in [3.8, 4) is 0 Å². The average molecular weight is 389 g/mol. The first-order valence-electron chi connectivity index (χ1n) is 8.81. The molecule has 0 saturated heterocycles. The second kappa shape index (κ2) is 8.75. The van der Waals surface area contributed by atoms with Crippen LogP contribution in [0.15, 0.2) is 60.8 Å². The van der Waals surface area contributed by atoms with Gasteiger partial charge in [0.1, 0.15) is 5.69 Å². The number of Topliss-reactive ketones (excluding diaryl/α,β-unsaturated/α-hetero) is 1. The molecule has 0 fully saturated rings. The van der Waals surface area contributed by atoms with Crippen molar-refractivity contribution >= 4 is 40.6 Å². The lowest BCUT2D eigenvalue weighted by Crippen LogP contribution is -2.15. The second-order valence-electron chi connectivity index (χ2n) is 6.24. The number of carbonyl (C=O) groups excluding carboxylic acids is 3. The van der Waals surface area contributed by atoms with E-state index in [1.54, 1.807) is 48.5 Å². The molecule has 0 aliphatic rings. The van der Waals surface area contributed by atoms with E-state index >= 15 is 0 Å². The molecular weight excluding hydrogens is 370 g/mol. The number of anilines is 4. The first-order chi connectivity index (χ1) is 13.9. The fraction of sp³-hybridized carbons (Fsp3) is 0.0952. The number of carbonyl (C=O) groups is 3. The first-order valence-corrected chi connectivity index (χ1v) is 8.81. The van der Waals surface area contributed by atoms with Gasteiger partial charge < -0.3 is 16.0 Å². The summed E-state index contributed by atoms with van der Waals surface area (Å²) in [5, 5.41) is 8.38. The predicted molar refractivity (Wildman–Crippen MR) is 110 cm³/mol. The lowest BCUT2D eigenvalue weighted by Gasteiger charge is -2.09. The third-order valence-corrected chi connectivity index (χ3v) is 3.85. The van der Waals surface area contributed by atoms with Crippen LogP contribution in [0.5, 0.6) is 0 Å². The van der Waals surface area contributed by atoms with Gasteiger partial charge in [-0.15, -0.1) is 0 Å². The molecule has 3 N–H and O–H groups in total. The summed E-state index contributed by atoms with van der Waals surface area (Å²) < 4.78 is 0. The van der Waals surface area contributed by atoms with Crippen LogP contribution in [-0.4, -0.2) is 27.6 Å². The molecule has 0 radical (unpaired) electrons. The molecule has 1 heterocycles. The highest BCUT2D eigenvalue weighted by Gasteiger charge is 2.10. The molecule has 1 aromatic heterocycles. The third kappa shape index (κ3) is 5.46. The van der Waals surface area contributed by atoms with Gasteiger partial charge in [-0.25, -0.2) is 9.97 Å². The van der Waals surface area contributed by atoms with Crippen molar-refractivity contribution in [3.63, 3.8) is 0 Å². The lowest BCUT2D eigenvalue weighted by atomic mass is 10.1. The van der Waals surface area contributed by atoms with Crippen molar-refractivity contribution in [1.29, 1.82) is 0 Å². The van der Waals surface area contributed by atoms with E-state index in [1.165, 1.54) is 26.1 Å². The maximum Gasteiger partial charge on any atom is 0.274 e. The highest BCUT2D eigenvalue weighted by molar-refractivity contribution is 6.03. The molecule has 0 bridgehead atoms. The number of nitrogens with one attached hydrogen (secondary N) is 3. The van der Waals surface area contributed by atoms with E-state index < -0.39 is 5.91 Å². The minimum absolute atomic E-state index is 0.0517. The Morgan fingerprint density at radius 1 is 0.828 bits per heavy atom. The summed E-state index contributed by atoms with van der Waals surface area (Å²) in [7, 11) is 0. The van der Waals surface area contributed by atoms with Crippen molar-refractivity contribution in [2.24, 2.45) is 0 Å². The molecule has 3 rings (SSSR count). The zero-order valence-corrected chi connectivity index (χ0v) is 15.9. The van der Waals surface area contributed by atoms with Gasteiger partial charge >= 0.3 is 0 Å². The highest BCUT2D eigenvalue weighted by Crippen LogP contribution is 2.17. The van der Waals surface area contributed by atoms with Gasteiger partial charge in [0.25, 0.3) is 5.91 Å². The van der Waals surface area contributed by atoms with Gasteiger partial charge in [0.15, 0.2) is 5.78 Å². The number of hydrogen-bond acceptors (Lipinski definition) is 6. The van der Waals surface area contributed by atoms with E-state index in [9.17, 15) is 14.4 Å². The Morgan fingerprint density at radius 2 is 1.52 bits per heavy atom. The van der Waals surface area contributed by atoms with E-state index in [0.29, 0.717) is 22.6 Å². The maximum absolute atomic E-state index is 12.5. The van der Waals surface area contributed by atoms with Crippen molar-refractivity contribution in [1.82, 2.24) is 9.97 Å². The van der Waals surface area contributed by atoms with Crippen LogP contribution < -0.4 is 16.0 Å². The van der Waals surface area contributed by atoms with Crippen LogP contribution in [0.1, 0.15) is 34.7 Å². The Morgan fingerprint density at radius 3 is 2.24 bits per heavy atom. The van der Waals surface area contributed by atoms with Crippen LogP contribution in [0.3, 0.4) is 0 Å². The molecule has 8 nitrogen and oxygen atoms in total. The minimum Gasteiger partial charge on any atom is -0.326 e. The molecule has 0 aliphatic heterocycles. The molecule has 2 aromatic carbocycles. The van der Waals surface area contributed by atoms with Crippen LogP contribution in [0.25, 0.3) is 0 Å². The Bertz CT molecular complexity index is 1080. The second-order valence-corrected chi connectivity index (χ2v) is 6.24. The Kier molecular flexibility index (Phi) is 5.94. The molecule has 0 saturated carbocycles.